The first-order valence-corrected chi connectivity index (χ1v) is 11.7. The van der Waals surface area contributed by atoms with Gasteiger partial charge < -0.3 is 14.8 Å². The molecule has 0 spiro atoms. The zero-order chi connectivity index (χ0) is 23.8. The number of amides is 1. The molecule has 7 nitrogen and oxygen atoms in total. The lowest BCUT2D eigenvalue weighted by Crippen LogP contribution is -2.28. The average molecular weight is 473 g/mol. The summed E-state index contributed by atoms with van der Waals surface area (Å²) in [4.78, 5) is 12.1. The predicted molar refractivity (Wildman–Crippen MR) is 123 cm³/mol. The van der Waals surface area contributed by atoms with E-state index in [0.717, 1.165) is 5.56 Å². The quantitative estimate of drug-likeness (QED) is 0.486. The summed E-state index contributed by atoms with van der Waals surface area (Å²) in [7, 11) is -2.29. The van der Waals surface area contributed by atoms with Crippen LogP contribution < -0.4 is 19.1 Å². The summed E-state index contributed by atoms with van der Waals surface area (Å²) in [5.74, 6) is 0.346. The Morgan fingerprint density at radius 2 is 1.48 bits per heavy atom. The highest BCUT2D eigenvalue weighted by Gasteiger charge is 2.21. The monoisotopic (exact) mass is 472 g/mol. The van der Waals surface area contributed by atoms with Crippen molar-refractivity contribution < 1.29 is 27.1 Å². The highest BCUT2D eigenvalue weighted by Crippen LogP contribution is 2.25. The smallest absolute Gasteiger partial charge is 0.264 e. The Hall–Kier alpha value is -3.59. The van der Waals surface area contributed by atoms with Gasteiger partial charge >= 0.3 is 0 Å². The number of carbonyl (C=O) groups is 1. The van der Waals surface area contributed by atoms with Crippen molar-refractivity contribution >= 4 is 21.6 Å². The number of hydrogen-bond donors (Lipinski definition) is 1. The summed E-state index contributed by atoms with van der Waals surface area (Å²) >= 11 is 0. The first-order valence-electron chi connectivity index (χ1n) is 10.3. The number of halogens is 1. The molecular formula is C24H25FN2O5S. The number of nitrogens with one attached hydrogen (secondary N) is 1. The average Bonchev–Trinajstić information content (AvgIpc) is 2.83. The molecule has 174 valence electrons. The lowest BCUT2D eigenvalue weighted by Gasteiger charge is -2.20. The summed E-state index contributed by atoms with van der Waals surface area (Å²) in [5.41, 5.74) is 1.21. The lowest BCUT2D eigenvalue weighted by molar-refractivity contribution is -0.123. The largest absolute Gasteiger partial charge is 0.494 e. The van der Waals surface area contributed by atoms with Crippen molar-refractivity contribution in [1.29, 1.82) is 0 Å². The number of rotatable bonds is 10. The molecule has 0 heterocycles. The SMILES string of the molecule is CCOc1ccc(S(=O)(=O)N(C)c2ccc(OCC(=O)NCc3ccc(F)cc3)cc2)cc1. The maximum absolute atomic E-state index is 12.9. The number of carbonyl (C=O) groups excluding carboxylic acids is 1. The maximum Gasteiger partial charge on any atom is 0.264 e. The van der Waals surface area contributed by atoms with Crippen LogP contribution in [0.15, 0.2) is 77.7 Å². The van der Waals surface area contributed by atoms with E-state index in [0.29, 0.717) is 23.8 Å². The van der Waals surface area contributed by atoms with Crippen molar-refractivity contribution in [3.8, 4) is 11.5 Å². The normalized spacial score (nSPS) is 11.0. The molecule has 9 heteroatoms. The van der Waals surface area contributed by atoms with Gasteiger partial charge in [0.1, 0.15) is 17.3 Å². The van der Waals surface area contributed by atoms with Gasteiger partial charge in [0.15, 0.2) is 6.61 Å². The molecule has 1 N–H and O–H groups in total. The van der Waals surface area contributed by atoms with E-state index in [1.54, 1.807) is 48.5 Å². The van der Waals surface area contributed by atoms with E-state index in [9.17, 15) is 17.6 Å². The summed E-state index contributed by atoms with van der Waals surface area (Å²) < 4.78 is 50.7. The van der Waals surface area contributed by atoms with E-state index in [1.807, 2.05) is 6.92 Å². The van der Waals surface area contributed by atoms with E-state index in [-0.39, 0.29) is 29.8 Å². The minimum atomic E-state index is -3.75. The minimum Gasteiger partial charge on any atom is -0.494 e. The number of anilines is 1. The van der Waals surface area contributed by atoms with Gasteiger partial charge in [0, 0.05) is 13.6 Å². The molecule has 0 saturated heterocycles. The first kappa shape index (κ1) is 24.1. The van der Waals surface area contributed by atoms with Crippen molar-refractivity contribution in [2.24, 2.45) is 0 Å². The molecule has 0 aliphatic rings. The molecule has 1 amide bonds. The van der Waals surface area contributed by atoms with Gasteiger partial charge in [-0.05, 0) is 73.2 Å². The highest BCUT2D eigenvalue weighted by molar-refractivity contribution is 7.92. The Labute approximate surface area is 192 Å². The maximum atomic E-state index is 12.9. The lowest BCUT2D eigenvalue weighted by atomic mass is 10.2. The third-order valence-corrected chi connectivity index (χ3v) is 6.57. The number of hydrogen-bond acceptors (Lipinski definition) is 5. The van der Waals surface area contributed by atoms with Crippen molar-refractivity contribution in [2.75, 3.05) is 24.6 Å². The van der Waals surface area contributed by atoms with Crippen molar-refractivity contribution in [2.45, 2.75) is 18.4 Å². The van der Waals surface area contributed by atoms with Gasteiger partial charge in [0.25, 0.3) is 15.9 Å². The van der Waals surface area contributed by atoms with E-state index < -0.39 is 10.0 Å². The van der Waals surface area contributed by atoms with Crippen LogP contribution in [-0.2, 0) is 21.4 Å². The van der Waals surface area contributed by atoms with Gasteiger partial charge in [-0.1, -0.05) is 12.1 Å². The van der Waals surface area contributed by atoms with E-state index in [2.05, 4.69) is 5.32 Å². The van der Waals surface area contributed by atoms with Crippen LogP contribution in [0.4, 0.5) is 10.1 Å². The summed E-state index contributed by atoms with van der Waals surface area (Å²) in [6, 6.07) is 18.4. The van der Waals surface area contributed by atoms with Gasteiger partial charge in [0.2, 0.25) is 0 Å². The molecular weight excluding hydrogens is 447 g/mol. The van der Waals surface area contributed by atoms with Crippen LogP contribution in [0.5, 0.6) is 11.5 Å². The van der Waals surface area contributed by atoms with Crippen molar-refractivity contribution in [3.05, 3.63) is 84.2 Å². The van der Waals surface area contributed by atoms with E-state index >= 15 is 0 Å². The Kier molecular flexibility index (Phi) is 7.89. The second-order valence-electron chi connectivity index (χ2n) is 7.06. The Morgan fingerprint density at radius 1 is 0.909 bits per heavy atom. The van der Waals surface area contributed by atoms with E-state index in [1.165, 1.54) is 35.6 Å². The molecule has 0 fully saturated rings. The van der Waals surface area contributed by atoms with Crippen LogP contribution in [0.25, 0.3) is 0 Å². The highest BCUT2D eigenvalue weighted by atomic mass is 32.2. The van der Waals surface area contributed by atoms with Crippen molar-refractivity contribution in [3.63, 3.8) is 0 Å². The topological polar surface area (TPSA) is 84.9 Å². The molecule has 0 unspecified atom stereocenters. The third kappa shape index (κ3) is 6.45. The molecule has 3 rings (SSSR count). The van der Waals surface area contributed by atoms with Gasteiger partial charge in [-0.3, -0.25) is 9.10 Å². The minimum absolute atomic E-state index is 0.145. The zero-order valence-electron chi connectivity index (χ0n) is 18.3. The Balaban J connectivity index is 1.55. The second-order valence-corrected chi connectivity index (χ2v) is 9.03. The van der Waals surface area contributed by atoms with Gasteiger partial charge in [-0.25, -0.2) is 12.8 Å². The predicted octanol–water partition coefficient (Wildman–Crippen LogP) is 3.74. The number of ether oxygens (including phenoxy) is 2. The van der Waals surface area contributed by atoms with Gasteiger partial charge in [-0.2, -0.15) is 0 Å². The zero-order valence-corrected chi connectivity index (χ0v) is 19.1. The fraction of sp³-hybridized carbons (Fsp3) is 0.208. The molecule has 0 aromatic heterocycles. The van der Waals surface area contributed by atoms with Crippen LogP contribution in [-0.4, -0.2) is 34.6 Å². The molecule has 0 radical (unpaired) electrons. The molecule has 0 saturated carbocycles. The summed E-state index contributed by atoms with van der Waals surface area (Å²) in [5, 5.41) is 2.69. The summed E-state index contributed by atoms with van der Waals surface area (Å²) in [6.45, 7) is 2.40. The van der Waals surface area contributed by atoms with Crippen LogP contribution in [0.3, 0.4) is 0 Å². The third-order valence-electron chi connectivity index (χ3n) is 4.77. The molecule has 33 heavy (non-hydrogen) atoms. The van der Waals surface area contributed by atoms with Crippen LogP contribution >= 0.6 is 0 Å². The number of nitrogens with zero attached hydrogens (tertiary/aromatic N) is 1. The molecule has 0 atom stereocenters. The summed E-state index contributed by atoms with van der Waals surface area (Å²) in [6.07, 6.45) is 0. The molecule has 3 aromatic carbocycles. The Bertz CT molecular complexity index is 1160. The number of benzene rings is 3. The standard InChI is InChI=1S/C24H25FN2O5S/c1-3-31-21-12-14-23(15-13-21)33(29,30)27(2)20-8-10-22(11-9-20)32-17-24(28)26-16-18-4-6-19(25)7-5-18/h4-15H,3,16-17H2,1-2H3,(H,26,28). The van der Waals surface area contributed by atoms with Crippen LogP contribution in [0.2, 0.25) is 0 Å². The fourth-order valence-electron chi connectivity index (χ4n) is 2.93. The van der Waals surface area contributed by atoms with Gasteiger partial charge in [-0.15, -0.1) is 0 Å². The molecule has 0 aliphatic heterocycles. The van der Waals surface area contributed by atoms with E-state index in [4.69, 9.17) is 9.47 Å². The Morgan fingerprint density at radius 3 is 2.09 bits per heavy atom. The van der Waals surface area contributed by atoms with Crippen molar-refractivity contribution in [1.82, 2.24) is 5.32 Å². The fourth-order valence-corrected chi connectivity index (χ4v) is 4.12. The molecule has 0 aliphatic carbocycles. The van der Waals surface area contributed by atoms with Crippen LogP contribution in [0.1, 0.15) is 12.5 Å². The molecule has 3 aromatic rings. The van der Waals surface area contributed by atoms with Gasteiger partial charge in [0.05, 0.1) is 17.2 Å². The number of sulfonamides is 1. The molecule has 0 bridgehead atoms. The van der Waals surface area contributed by atoms with Crippen LogP contribution in [0, 0.1) is 5.82 Å². The first-order chi connectivity index (χ1) is 15.8. The second kappa shape index (κ2) is 10.8.